The van der Waals surface area contributed by atoms with Gasteiger partial charge in [-0.3, -0.25) is 0 Å². The molecule has 0 atom stereocenters. The van der Waals surface area contributed by atoms with Gasteiger partial charge < -0.3 is 5.73 Å². The molecule has 2 rings (SSSR count). The van der Waals surface area contributed by atoms with Crippen molar-refractivity contribution in [3.05, 3.63) is 54.0 Å². The molecule has 0 saturated heterocycles. The lowest BCUT2D eigenvalue weighted by molar-refractivity contribution is 0.0693. The Morgan fingerprint density at radius 3 is 2.44 bits per heavy atom. The first-order chi connectivity index (χ1) is 8.51. The second kappa shape index (κ2) is 4.73. The molecule has 0 bridgehead atoms. The number of nitrogen functional groups attached to an aromatic ring is 1. The van der Waals surface area contributed by atoms with Crippen molar-refractivity contribution in [1.82, 2.24) is 9.97 Å². The van der Waals surface area contributed by atoms with Crippen molar-refractivity contribution in [3.63, 3.8) is 0 Å². The van der Waals surface area contributed by atoms with Crippen molar-refractivity contribution in [1.29, 1.82) is 0 Å². The number of hydrogen-bond donors (Lipinski definition) is 1. The summed E-state index contributed by atoms with van der Waals surface area (Å²) in [4.78, 5) is 6.53. The highest BCUT2D eigenvalue weighted by atomic mass is 32.1. The number of benzene rings is 1. The maximum Gasteiger partial charge on any atom is 0.342 e. The summed E-state index contributed by atoms with van der Waals surface area (Å²) in [6.07, 6.45) is 1.18. The van der Waals surface area contributed by atoms with Crippen LogP contribution in [0.3, 0.4) is 0 Å². The summed E-state index contributed by atoms with van der Waals surface area (Å²) >= 11 is 4.81. The van der Waals surface area contributed by atoms with Crippen LogP contribution in [0.25, 0.3) is 0 Å². The van der Waals surface area contributed by atoms with Gasteiger partial charge in [-0.15, -0.1) is 0 Å². The molecule has 0 aliphatic rings. The van der Waals surface area contributed by atoms with Crippen LogP contribution in [-0.2, 0) is 5.92 Å². The van der Waals surface area contributed by atoms with E-state index in [4.69, 9.17) is 18.0 Å². The van der Waals surface area contributed by atoms with Crippen LogP contribution in [0.5, 0.6) is 0 Å². The molecule has 0 unspecified atom stereocenters. The zero-order chi connectivity index (χ0) is 13.2. The molecule has 1 heterocycles. The van der Waals surface area contributed by atoms with Gasteiger partial charge in [0.2, 0.25) is 5.82 Å². The standard InChI is InChI=1S/C12H9F2N3S/c13-12(14,11-16-7-6-9(15)17-11)10(18)8-4-2-1-3-5-8/h1-7H,(H2,15,16,17). The Labute approximate surface area is 108 Å². The topological polar surface area (TPSA) is 51.8 Å². The Morgan fingerprint density at radius 2 is 1.83 bits per heavy atom. The molecule has 0 aliphatic heterocycles. The molecule has 1 aromatic carbocycles. The highest BCUT2D eigenvalue weighted by Crippen LogP contribution is 2.30. The minimum Gasteiger partial charge on any atom is -0.384 e. The van der Waals surface area contributed by atoms with Crippen molar-refractivity contribution in [2.45, 2.75) is 5.92 Å². The van der Waals surface area contributed by atoms with Crippen LogP contribution in [0.4, 0.5) is 14.6 Å². The molecule has 92 valence electrons. The fraction of sp³-hybridized carbons (Fsp3) is 0.0833. The van der Waals surface area contributed by atoms with E-state index in [1.54, 1.807) is 18.2 Å². The van der Waals surface area contributed by atoms with Crippen molar-refractivity contribution >= 4 is 22.9 Å². The van der Waals surface area contributed by atoms with E-state index in [0.29, 0.717) is 0 Å². The largest absolute Gasteiger partial charge is 0.384 e. The Morgan fingerprint density at radius 1 is 1.17 bits per heavy atom. The molecule has 0 radical (unpaired) electrons. The third kappa shape index (κ3) is 2.33. The van der Waals surface area contributed by atoms with Gasteiger partial charge in [0.15, 0.2) is 0 Å². The van der Waals surface area contributed by atoms with Crippen LogP contribution in [0.15, 0.2) is 42.6 Å². The highest BCUT2D eigenvalue weighted by Gasteiger charge is 2.40. The van der Waals surface area contributed by atoms with Crippen LogP contribution < -0.4 is 5.73 Å². The zero-order valence-electron chi connectivity index (χ0n) is 9.18. The van der Waals surface area contributed by atoms with Gasteiger partial charge in [0.1, 0.15) is 5.82 Å². The first-order valence-electron chi connectivity index (χ1n) is 5.08. The maximum atomic E-state index is 14.1. The van der Waals surface area contributed by atoms with E-state index in [2.05, 4.69) is 9.97 Å². The predicted molar refractivity (Wildman–Crippen MR) is 68.5 cm³/mol. The highest BCUT2D eigenvalue weighted by molar-refractivity contribution is 7.81. The number of rotatable bonds is 3. The van der Waals surface area contributed by atoms with E-state index in [9.17, 15) is 8.78 Å². The van der Waals surface area contributed by atoms with Gasteiger partial charge in [0.25, 0.3) is 0 Å². The molecule has 0 fully saturated rings. The molecule has 0 saturated carbocycles. The molecule has 2 aromatic rings. The number of halogens is 2. The number of hydrogen-bond acceptors (Lipinski definition) is 4. The van der Waals surface area contributed by atoms with Crippen LogP contribution in [0.1, 0.15) is 11.4 Å². The van der Waals surface area contributed by atoms with Crippen LogP contribution >= 0.6 is 12.2 Å². The van der Waals surface area contributed by atoms with E-state index >= 15 is 0 Å². The minimum atomic E-state index is -3.42. The number of nitrogens with zero attached hydrogens (tertiary/aromatic N) is 2. The molecule has 18 heavy (non-hydrogen) atoms. The number of aromatic nitrogens is 2. The van der Waals surface area contributed by atoms with Crippen LogP contribution in [-0.4, -0.2) is 14.8 Å². The summed E-state index contributed by atoms with van der Waals surface area (Å²) in [7, 11) is 0. The number of alkyl halides is 2. The lowest BCUT2D eigenvalue weighted by Crippen LogP contribution is -2.28. The van der Waals surface area contributed by atoms with Gasteiger partial charge in [0.05, 0.1) is 4.86 Å². The summed E-state index contributed by atoms with van der Waals surface area (Å²) in [5, 5.41) is 0. The summed E-state index contributed by atoms with van der Waals surface area (Å²) < 4.78 is 28.2. The minimum absolute atomic E-state index is 0.0180. The molecule has 3 nitrogen and oxygen atoms in total. The SMILES string of the molecule is Nc1ccnc(C(F)(F)C(=S)c2ccccc2)n1. The Balaban J connectivity index is 2.40. The lowest BCUT2D eigenvalue weighted by Gasteiger charge is -2.16. The van der Waals surface area contributed by atoms with Gasteiger partial charge in [-0.2, -0.15) is 8.78 Å². The van der Waals surface area contributed by atoms with Gasteiger partial charge in [0, 0.05) is 6.20 Å². The Bertz CT molecular complexity index is 573. The molecule has 0 spiro atoms. The summed E-state index contributed by atoms with van der Waals surface area (Å²) in [6.45, 7) is 0. The van der Waals surface area contributed by atoms with E-state index in [-0.39, 0.29) is 11.4 Å². The van der Waals surface area contributed by atoms with Crippen molar-refractivity contribution in [3.8, 4) is 0 Å². The normalized spacial score (nSPS) is 11.2. The van der Waals surface area contributed by atoms with Gasteiger partial charge in [-0.05, 0) is 11.6 Å². The predicted octanol–water partition coefficient (Wildman–Crippen LogP) is 2.57. The summed E-state index contributed by atoms with van der Waals surface area (Å²) in [5.41, 5.74) is 5.63. The fourth-order valence-corrected chi connectivity index (χ4v) is 1.62. The molecule has 6 heteroatoms. The van der Waals surface area contributed by atoms with Crippen LogP contribution in [0.2, 0.25) is 0 Å². The van der Waals surface area contributed by atoms with Gasteiger partial charge >= 0.3 is 5.92 Å². The van der Waals surface area contributed by atoms with Gasteiger partial charge in [-0.1, -0.05) is 42.5 Å². The molecule has 0 aliphatic carbocycles. The zero-order valence-corrected chi connectivity index (χ0v) is 9.99. The number of nitrogens with two attached hydrogens (primary N) is 1. The second-order valence-electron chi connectivity index (χ2n) is 3.57. The van der Waals surface area contributed by atoms with Crippen molar-refractivity contribution < 1.29 is 8.78 Å². The van der Waals surface area contributed by atoms with E-state index < -0.39 is 16.6 Å². The first kappa shape index (κ1) is 12.5. The monoisotopic (exact) mass is 265 g/mol. The Kier molecular flexibility index (Phi) is 3.29. The van der Waals surface area contributed by atoms with Crippen LogP contribution in [0, 0.1) is 0 Å². The van der Waals surface area contributed by atoms with Crippen molar-refractivity contribution in [2.75, 3.05) is 5.73 Å². The summed E-state index contributed by atoms with van der Waals surface area (Å²) in [5.74, 6) is -4.13. The maximum absolute atomic E-state index is 14.1. The third-order valence-corrected chi connectivity index (χ3v) is 2.77. The number of thiocarbonyl (C=S) groups is 1. The van der Waals surface area contributed by atoms with E-state index in [1.165, 1.54) is 24.4 Å². The molecular weight excluding hydrogens is 256 g/mol. The average Bonchev–Trinajstić information content (AvgIpc) is 2.39. The molecule has 1 aromatic heterocycles. The second-order valence-corrected chi connectivity index (χ2v) is 3.98. The first-order valence-corrected chi connectivity index (χ1v) is 5.49. The summed E-state index contributed by atoms with van der Waals surface area (Å²) in [6, 6.07) is 9.37. The molecule has 2 N–H and O–H groups in total. The fourth-order valence-electron chi connectivity index (χ4n) is 1.40. The third-order valence-electron chi connectivity index (χ3n) is 2.28. The Hall–Kier alpha value is -1.95. The van der Waals surface area contributed by atoms with E-state index in [1.807, 2.05) is 0 Å². The van der Waals surface area contributed by atoms with E-state index in [0.717, 1.165) is 0 Å². The number of anilines is 1. The average molecular weight is 265 g/mol. The smallest absolute Gasteiger partial charge is 0.342 e. The van der Waals surface area contributed by atoms with Gasteiger partial charge in [-0.25, -0.2) is 9.97 Å². The quantitative estimate of drug-likeness (QED) is 0.684. The molecular formula is C12H9F2N3S. The lowest BCUT2D eigenvalue weighted by atomic mass is 10.1. The van der Waals surface area contributed by atoms with Crippen molar-refractivity contribution in [2.24, 2.45) is 0 Å². The molecule has 0 amide bonds.